The Morgan fingerprint density at radius 2 is 1.72 bits per heavy atom. The number of nitrogens with zero attached hydrogens (tertiary/aromatic N) is 6. The molecule has 1 amide bonds. The molecule has 3 saturated heterocycles. The van der Waals surface area contributed by atoms with E-state index in [4.69, 9.17) is 14.5 Å². The monoisotopic (exact) mass is 533 g/mol. The molecular formula is C29H39N7O3. The summed E-state index contributed by atoms with van der Waals surface area (Å²) in [7, 11) is 0. The van der Waals surface area contributed by atoms with E-state index in [0.29, 0.717) is 24.3 Å². The average Bonchev–Trinajstić information content (AvgIpc) is 3.42. The van der Waals surface area contributed by atoms with Gasteiger partial charge in [-0.2, -0.15) is 10.1 Å². The molecule has 39 heavy (non-hydrogen) atoms. The fourth-order valence-corrected chi connectivity index (χ4v) is 5.92. The average molecular weight is 534 g/mol. The number of carbonyl (C=O) groups excluding carboxylic acids is 1. The summed E-state index contributed by atoms with van der Waals surface area (Å²) in [5, 5.41) is 7.82. The van der Waals surface area contributed by atoms with Gasteiger partial charge in [-0.3, -0.25) is 4.90 Å². The van der Waals surface area contributed by atoms with Crippen LogP contribution in [0.15, 0.2) is 42.7 Å². The molecule has 208 valence electrons. The van der Waals surface area contributed by atoms with E-state index in [-0.39, 0.29) is 6.09 Å². The molecule has 2 aromatic heterocycles. The standard InChI is InChI=1S/C29H39N7O3/c37-29(35-15-8-24(9-16-35)34-13-2-1-3-14-34)39-25-6-4-23(5-7-25)26-22-31-36-17-10-27(32-28(26)36)38-21-20-33-18-11-30-12-19-33/h4-7,10,17,22,24,30H,1-3,8-9,11-16,18-21H2. The van der Waals surface area contributed by atoms with Crippen molar-refractivity contribution in [1.29, 1.82) is 0 Å². The van der Waals surface area contributed by atoms with Crippen LogP contribution < -0.4 is 14.8 Å². The van der Waals surface area contributed by atoms with E-state index in [1.165, 1.54) is 32.4 Å². The van der Waals surface area contributed by atoms with Crippen LogP contribution in [0.5, 0.6) is 11.6 Å². The molecule has 10 nitrogen and oxygen atoms in total. The van der Waals surface area contributed by atoms with Gasteiger partial charge in [0, 0.05) is 69.7 Å². The number of carbonyl (C=O) groups is 1. The number of hydrogen-bond acceptors (Lipinski definition) is 8. The van der Waals surface area contributed by atoms with Crippen molar-refractivity contribution in [2.24, 2.45) is 0 Å². The Labute approximate surface area is 229 Å². The molecule has 0 unspecified atom stereocenters. The molecule has 0 atom stereocenters. The number of ether oxygens (including phenoxy) is 2. The van der Waals surface area contributed by atoms with E-state index >= 15 is 0 Å². The van der Waals surface area contributed by atoms with Gasteiger partial charge in [0.25, 0.3) is 0 Å². The van der Waals surface area contributed by atoms with Crippen molar-refractivity contribution >= 4 is 11.7 Å². The van der Waals surface area contributed by atoms with Crippen LogP contribution in [-0.2, 0) is 0 Å². The normalized spacial score (nSPS) is 19.8. The Balaban J connectivity index is 1.03. The zero-order chi connectivity index (χ0) is 26.4. The van der Waals surface area contributed by atoms with Crippen LogP contribution in [-0.4, -0.2) is 107 Å². The second-order valence-corrected chi connectivity index (χ2v) is 10.7. The topological polar surface area (TPSA) is 87.5 Å². The minimum atomic E-state index is -0.264. The van der Waals surface area contributed by atoms with Gasteiger partial charge in [0.05, 0.1) is 6.20 Å². The van der Waals surface area contributed by atoms with E-state index in [0.717, 1.165) is 75.4 Å². The summed E-state index contributed by atoms with van der Waals surface area (Å²) in [5.74, 6) is 1.14. The maximum absolute atomic E-state index is 12.8. The Hall–Kier alpha value is -3.21. The minimum Gasteiger partial charge on any atom is -0.476 e. The number of piperazine rings is 1. The summed E-state index contributed by atoms with van der Waals surface area (Å²) < 4.78 is 13.4. The predicted octanol–water partition coefficient (Wildman–Crippen LogP) is 3.13. The van der Waals surface area contributed by atoms with Crippen LogP contribution >= 0.6 is 0 Å². The number of piperidine rings is 2. The van der Waals surface area contributed by atoms with Gasteiger partial charge in [-0.15, -0.1) is 0 Å². The maximum Gasteiger partial charge on any atom is 0.415 e. The van der Waals surface area contributed by atoms with Gasteiger partial charge in [0.15, 0.2) is 5.65 Å². The van der Waals surface area contributed by atoms with Crippen molar-refractivity contribution in [3.63, 3.8) is 0 Å². The molecule has 5 heterocycles. The number of rotatable bonds is 7. The van der Waals surface area contributed by atoms with Gasteiger partial charge in [0.1, 0.15) is 12.4 Å². The van der Waals surface area contributed by atoms with Gasteiger partial charge >= 0.3 is 6.09 Å². The Bertz CT molecular complexity index is 1230. The summed E-state index contributed by atoms with van der Waals surface area (Å²) >= 11 is 0. The minimum absolute atomic E-state index is 0.264. The summed E-state index contributed by atoms with van der Waals surface area (Å²) in [6.07, 6.45) is 9.41. The largest absolute Gasteiger partial charge is 0.476 e. The zero-order valence-electron chi connectivity index (χ0n) is 22.6. The number of aromatic nitrogens is 3. The summed E-state index contributed by atoms with van der Waals surface area (Å²) in [6, 6.07) is 10.0. The molecule has 3 aliphatic heterocycles. The van der Waals surface area contributed by atoms with Crippen LogP contribution in [0.1, 0.15) is 32.1 Å². The van der Waals surface area contributed by atoms with E-state index in [1.54, 1.807) is 10.7 Å². The van der Waals surface area contributed by atoms with Crippen molar-refractivity contribution in [2.75, 3.05) is 65.5 Å². The fraction of sp³-hybridized carbons (Fsp3) is 0.552. The molecule has 3 fully saturated rings. The molecule has 1 aromatic carbocycles. The van der Waals surface area contributed by atoms with E-state index in [1.807, 2.05) is 41.4 Å². The van der Waals surface area contributed by atoms with E-state index in [2.05, 4.69) is 20.2 Å². The third kappa shape index (κ3) is 6.34. The number of hydrogen-bond donors (Lipinski definition) is 1. The van der Waals surface area contributed by atoms with Crippen LogP contribution in [0.4, 0.5) is 4.79 Å². The molecular weight excluding hydrogens is 494 g/mol. The van der Waals surface area contributed by atoms with Crippen molar-refractivity contribution in [3.8, 4) is 22.8 Å². The Kier molecular flexibility index (Phi) is 8.22. The van der Waals surface area contributed by atoms with Gasteiger partial charge in [0.2, 0.25) is 5.88 Å². The highest BCUT2D eigenvalue weighted by atomic mass is 16.6. The molecule has 10 heteroatoms. The molecule has 3 aromatic rings. The summed E-state index contributed by atoms with van der Waals surface area (Å²) in [4.78, 5) is 24.4. The number of fused-ring (bicyclic) bond motifs is 1. The highest BCUT2D eigenvalue weighted by Crippen LogP contribution is 2.27. The second-order valence-electron chi connectivity index (χ2n) is 10.7. The highest BCUT2D eigenvalue weighted by Gasteiger charge is 2.28. The molecule has 0 bridgehead atoms. The van der Waals surface area contributed by atoms with Crippen LogP contribution in [0, 0.1) is 0 Å². The summed E-state index contributed by atoms with van der Waals surface area (Å²) in [6.45, 7) is 9.55. The third-order valence-corrected chi connectivity index (χ3v) is 8.21. The maximum atomic E-state index is 12.8. The van der Waals surface area contributed by atoms with Crippen molar-refractivity contribution in [1.82, 2.24) is 34.6 Å². The molecule has 0 radical (unpaired) electrons. The van der Waals surface area contributed by atoms with Gasteiger partial charge in [-0.25, -0.2) is 9.31 Å². The number of benzene rings is 1. The third-order valence-electron chi connectivity index (χ3n) is 8.21. The number of amides is 1. The smallest absolute Gasteiger partial charge is 0.415 e. The van der Waals surface area contributed by atoms with E-state index < -0.39 is 0 Å². The molecule has 6 rings (SSSR count). The van der Waals surface area contributed by atoms with Crippen LogP contribution in [0.3, 0.4) is 0 Å². The predicted molar refractivity (Wildman–Crippen MR) is 149 cm³/mol. The van der Waals surface area contributed by atoms with Gasteiger partial charge in [-0.1, -0.05) is 18.6 Å². The first kappa shape index (κ1) is 26.0. The highest BCUT2D eigenvalue weighted by molar-refractivity contribution is 5.78. The Morgan fingerprint density at radius 1 is 0.949 bits per heavy atom. The number of likely N-dealkylation sites (tertiary alicyclic amines) is 2. The van der Waals surface area contributed by atoms with Crippen molar-refractivity contribution in [2.45, 2.75) is 38.1 Å². The lowest BCUT2D eigenvalue weighted by molar-refractivity contribution is 0.0878. The SMILES string of the molecule is O=C(Oc1ccc(-c2cnn3ccc(OCCN4CCNCC4)nc23)cc1)N1CCC(N2CCCCC2)CC1. The molecule has 1 N–H and O–H groups in total. The molecule has 0 spiro atoms. The van der Waals surface area contributed by atoms with Crippen molar-refractivity contribution < 1.29 is 14.3 Å². The lowest BCUT2D eigenvalue weighted by Crippen LogP contribution is -2.48. The number of nitrogens with one attached hydrogen (secondary N) is 1. The summed E-state index contributed by atoms with van der Waals surface area (Å²) in [5.41, 5.74) is 2.59. The lowest BCUT2D eigenvalue weighted by Gasteiger charge is -2.39. The Morgan fingerprint density at radius 3 is 2.49 bits per heavy atom. The zero-order valence-corrected chi connectivity index (χ0v) is 22.6. The molecule has 0 aliphatic carbocycles. The fourth-order valence-electron chi connectivity index (χ4n) is 5.92. The van der Waals surface area contributed by atoms with Crippen LogP contribution in [0.25, 0.3) is 16.8 Å². The first-order valence-electron chi connectivity index (χ1n) is 14.4. The van der Waals surface area contributed by atoms with Gasteiger partial charge in [-0.05, 0) is 56.5 Å². The quantitative estimate of drug-likeness (QED) is 0.496. The molecule has 0 saturated carbocycles. The first-order chi connectivity index (χ1) is 19.2. The van der Waals surface area contributed by atoms with Gasteiger partial charge < -0.3 is 24.6 Å². The second kappa shape index (κ2) is 12.3. The van der Waals surface area contributed by atoms with Crippen LogP contribution in [0.2, 0.25) is 0 Å². The lowest BCUT2D eigenvalue weighted by atomic mass is 10.0. The van der Waals surface area contributed by atoms with E-state index in [9.17, 15) is 4.79 Å². The first-order valence-corrected chi connectivity index (χ1v) is 14.4. The van der Waals surface area contributed by atoms with Crippen molar-refractivity contribution in [3.05, 3.63) is 42.7 Å². The molecule has 3 aliphatic rings.